The maximum Gasteiger partial charge on any atom is 0.407 e. The fourth-order valence-corrected chi connectivity index (χ4v) is 5.18. The Morgan fingerprint density at radius 2 is 1.71 bits per heavy atom. The number of nitrogens with zero attached hydrogens (tertiary/aromatic N) is 2. The number of rotatable bonds is 9. The summed E-state index contributed by atoms with van der Waals surface area (Å²) in [4.78, 5) is 41.8. The largest absolute Gasteiger partial charge is 0.480 e. The summed E-state index contributed by atoms with van der Waals surface area (Å²) in [6, 6.07) is 16.1. The van der Waals surface area contributed by atoms with Crippen LogP contribution in [-0.2, 0) is 16.1 Å². The third-order valence-electron chi connectivity index (χ3n) is 5.75. The summed E-state index contributed by atoms with van der Waals surface area (Å²) in [5, 5.41) is 21.3. The number of nitrogens with one attached hydrogen (secondary N) is 1. The summed E-state index contributed by atoms with van der Waals surface area (Å²) >= 11 is 1.07. The van der Waals surface area contributed by atoms with Crippen LogP contribution in [0.5, 0.6) is 0 Å². The number of carboxylic acids is 1. The third kappa shape index (κ3) is 5.33. The van der Waals surface area contributed by atoms with Crippen LogP contribution in [0.2, 0.25) is 0 Å². The number of aryl methyl sites for hydroxylation is 1. The van der Waals surface area contributed by atoms with Crippen molar-refractivity contribution in [1.82, 2.24) is 15.2 Å². The molecular formula is C25H25N3O6S. The third-order valence-corrected chi connectivity index (χ3v) is 6.89. The molecule has 0 saturated heterocycles. The highest BCUT2D eigenvalue weighted by molar-refractivity contribution is 7.13. The molecule has 1 aliphatic carbocycles. The average Bonchev–Trinajstić information content (AvgIpc) is 3.38. The summed E-state index contributed by atoms with van der Waals surface area (Å²) < 4.78 is 5.52. The topological polar surface area (TPSA) is 129 Å². The van der Waals surface area contributed by atoms with Crippen LogP contribution in [0.1, 0.15) is 37.4 Å². The Bertz CT molecular complexity index is 1210. The summed E-state index contributed by atoms with van der Waals surface area (Å²) in [5.74, 6) is -1.75. The van der Waals surface area contributed by atoms with E-state index in [0.29, 0.717) is 10.7 Å². The Hall–Kier alpha value is -3.76. The van der Waals surface area contributed by atoms with Crippen molar-refractivity contribution in [3.05, 3.63) is 75.2 Å². The number of aliphatic carboxylic acids is 1. The van der Waals surface area contributed by atoms with Crippen LogP contribution in [0.4, 0.5) is 4.79 Å². The molecule has 2 amide bonds. The van der Waals surface area contributed by atoms with E-state index in [9.17, 15) is 14.4 Å². The van der Waals surface area contributed by atoms with Crippen molar-refractivity contribution < 1.29 is 29.3 Å². The molecule has 1 aliphatic rings. The minimum Gasteiger partial charge on any atom is -0.480 e. The van der Waals surface area contributed by atoms with Gasteiger partial charge in [-0.25, -0.2) is 9.78 Å². The van der Waals surface area contributed by atoms with Gasteiger partial charge < -0.3 is 25.2 Å². The summed E-state index contributed by atoms with van der Waals surface area (Å²) in [6.45, 7) is 0.908. The van der Waals surface area contributed by atoms with Gasteiger partial charge >= 0.3 is 12.1 Å². The van der Waals surface area contributed by atoms with Crippen LogP contribution in [0.15, 0.2) is 48.5 Å². The van der Waals surface area contributed by atoms with Crippen LogP contribution in [0.25, 0.3) is 11.1 Å². The normalized spacial score (nSPS) is 12.1. The number of amides is 2. The zero-order chi connectivity index (χ0) is 24.9. The van der Waals surface area contributed by atoms with E-state index in [4.69, 9.17) is 14.9 Å². The van der Waals surface area contributed by atoms with Crippen molar-refractivity contribution in [3.8, 4) is 11.1 Å². The molecule has 2 aromatic carbocycles. The average molecular weight is 496 g/mol. The second-order valence-electron chi connectivity index (χ2n) is 8.05. The molecule has 1 aromatic heterocycles. The highest BCUT2D eigenvalue weighted by Gasteiger charge is 2.29. The molecule has 35 heavy (non-hydrogen) atoms. The monoisotopic (exact) mass is 495 g/mol. The molecule has 9 nitrogen and oxygen atoms in total. The van der Waals surface area contributed by atoms with Crippen molar-refractivity contribution in [2.45, 2.75) is 19.4 Å². The van der Waals surface area contributed by atoms with Crippen LogP contribution >= 0.6 is 11.3 Å². The van der Waals surface area contributed by atoms with Gasteiger partial charge in [-0.3, -0.25) is 9.59 Å². The maximum absolute atomic E-state index is 12.7. The first-order chi connectivity index (χ1) is 16.9. The Balaban J connectivity index is 1.36. The molecule has 0 bridgehead atoms. The Morgan fingerprint density at radius 3 is 2.31 bits per heavy atom. The van der Waals surface area contributed by atoms with E-state index in [1.807, 2.05) is 36.4 Å². The predicted octanol–water partition coefficient (Wildman–Crippen LogP) is 3.01. The van der Waals surface area contributed by atoms with Gasteiger partial charge in [0.15, 0.2) is 0 Å². The lowest BCUT2D eigenvalue weighted by Gasteiger charge is -2.18. The maximum atomic E-state index is 12.7. The van der Waals surface area contributed by atoms with Gasteiger partial charge in [0, 0.05) is 12.5 Å². The number of thiazole rings is 1. The van der Waals surface area contributed by atoms with Crippen molar-refractivity contribution in [1.29, 1.82) is 0 Å². The summed E-state index contributed by atoms with van der Waals surface area (Å²) in [5.41, 5.74) is 4.96. The number of hydrogen-bond donors (Lipinski definition) is 3. The standard InChI is InChI=1S/C25H25N3O6S/c1-15-23(24(32)28(10-11-29)13-22(30)31)35-21(27-15)12-26-25(33)34-14-20-18-8-4-2-6-16(18)17-7-3-5-9-19(17)20/h2-9,20,29H,10-14H2,1H3,(H,26,33)(H,30,31). The van der Waals surface area contributed by atoms with Crippen LogP contribution in [-0.4, -0.2) is 64.4 Å². The molecule has 3 N–H and O–H groups in total. The minimum absolute atomic E-state index is 0.0498. The lowest BCUT2D eigenvalue weighted by atomic mass is 9.98. The first-order valence-electron chi connectivity index (χ1n) is 11.1. The van der Waals surface area contributed by atoms with E-state index < -0.39 is 24.5 Å². The minimum atomic E-state index is -1.17. The van der Waals surface area contributed by atoms with Gasteiger partial charge in [0.1, 0.15) is 23.0 Å². The first-order valence-corrected chi connectivity index (χ1v) is 11.9. The SMILES string of the molecule is Cc1nc(CNC(=O)OCC2c3ccccc3-c3ccccc32)sc1C(=O)N(CCO)CC(=O)O. The van der Waals surface area contributed by atoms with E-state index in [2.05, 4.69) is 22.4 Å². The van der Waals surface area contributed by atoms with Crippen molar-refractivity contribution in [2.24, 2.45) is 0 Å². The lowest BCUT2D eigenvalue weighted by molar-refractivity contribution is -0.137. The van der Waals surface area contributed by atoms with E-state index in [1.165, 1.54) is 0 Å². The number of fused-ring (bicyclic) bond motifs is 3. The van der Waals surface area contributed by atoms with E-state index in [1.54, 1.807) is 6.92 Å². The van der Waals surface area contributed by atoms with Gasteiger partial charge in [-0.1, -0.05) is 48.5 Å². The Kier molecular flexibility index (Phi) is 7.42. The van der Waals surface area contributed by atoms with Gasteiger partial charge in [-0.15, -0.1) is 11.3 Å². The number of benzene rings is 2. The van der Waals surface area contributed by atoms with Crippen molar-refractivity contribution >= 4 is 29.3 Å². The fourth-order valence-electron chi connectivity index (χ4n) is 4.20. The summed E-state index contributed by atoms with van der Waals surface area (Å²) in [7, 11) is 0. The second-order valence-corrected chi connectivity index (χ2v) is 9.13. The number of carboxylic acid groups (broad SMARTS) is 1. The highest BCUT2D eigenvalue weighted by atomic mass is 32.1. The zero-order valence-corrected chi connectivity index (χ0v) is 19.9. The molecule has 0 unspecified atom stereocenters. The number of alkyl carbamates (subject to hydrolysis) is 1. The molecule has 1 heterocycles. The zero-order valence-electron chi connectivity index (χ0n) is 19.1. The van der Waals surface area contributed by atoms with Crippen molar-refractivity contribution in [2.75, 3.05) is 26.3 Å². The molecule has 0 spiro atoms. The highest BCUT2D eigenvalue weighted by Crippen LogP contribution is 2.44. The number of aliphatic hydroxyl groups excluding tert-OH is 1. The Labute approximate surface area is 206 Å². The molecule has 3 aromatic rings. The number of carbonyl (C=O) groups excluding carboxylic acids is 2. The number of aliphatic hydroxyl groups is 1. The number of carbonyl (C=O) groups is 3. The van der Waals surface area contributed by atoms with Crippen molar-refractivity contribution in [3.63, 3.8) is 0 Å². The Morgan fingerprint density at radius 1 is 1.09 bits per heavy atom. The molecule has 182 valence electrons. The van der Waals surface area contributed by atoms with Gasteiger partial charge in [0.05, 0.1) is 18.8 Å². The quantitative estimate of drug-likeness (QED) is 0.416. The van der Waals surface area contributed by atoms with Crippen LogP contribution in [0, 0.1) is 6.92 Å². The van der Waals surface area contributed by atoms with Gasteiger partial charge in [-0.05, 0) is 29.2 Å². The van der Waals surface area contributed by atoms with E-state index >= 15 is 0 Å². The van der Waals surface area contributed by atoms with Gasteiger partial charge in [0.25, 0.3) is 5.91 Å². The molecule has 0 atom stereocenters. The second kappa shape index (κ2) is 10.7. The van der Waals surface area contributed by atoms with E-state index in [-0.39, 0.29) is 37.1 Å². The lowest BCUT2D eigenvalue weighted by Crippen LogP contribution is -2.37. The first kappa shape index (κ1) is 24.4. The molecule has 0 radical (unpaired) electrons. The molecule has 0 saturated carbocycles. The van der Waals surface area contributed by atoms with Crippen LogP contribution in [0.3, 0.4) is 0 Å². The molecule has 0 fully saturated rings. The molecular weight excluding hydrogens is 470 g/mol. The molecule has 4 rings (SSSR count). The van der Waals surface area contributed by atoms with Gasteiger partial charge in [0.2, 0.25) is 0 Å². The molecule has 10 heteroatoms. The smallest absolute Gasteiger partial charge is 0.407 e. The molecule has 0 aliphatic heterocycles. The van der Waals surface area contributed by atoms with E-state index in [0.717, 1.165) is 38.5 Å². The number of aromatic nitrogens is 1. The number of ether oxygens (including phenoxy) is 1. The van der Waals surface area contributed by atoms with Gasteiger partial charge in [-0.2, -0.15) is 0 Å². The summed E-state index contributed by atoms with van der Waals surface area (Å²) in [6.07, 6.45) is -0.597. The van der Waals surface area contributed by atoms with Crippen LogP contribution < -0.4 is 5.32 Å². The number of hydrogen-bond acceptors (Lipinski definition) is 7. The predicted molar refractivity (Wildman–Crippen MR) is 129 cm³/mol. The fraction of sp³-hybridized carbons (Fsp3) is 0.280.